The van der Waals surface area contributed by atoms with Gasteiger partial charge in [-0.15, -0.1) is 0 Å². The van der Waals surface area contributed by atoms with Gasteiger partial charge in [0.25, 0.3) is 0 Å². The second-order valence-electron chi connectivity index (χ2n) is 26.0. The van der Waals surface area contributed by atoms with E-state index >= 15 is 0 Å². The van der Waals surface area contributed by atoms with Crippen LogP contribution in [0.4, 0.5) is 0 Å². The highest BCUT2D eigenvalue weighted by molar-refractivity contribution is 7.47. The average Bonchev–Trinajstić information content (AvgIpc) is 3.52. The van der Waals surface area contributed by atoms with E-state index in [0.717, 1.165) is 108 Å². The lowest BCUT2D eigenvalue weighted by Crippen LogP contribution is -2.30. The number of carbonyl (C=O) groups is 4. The smallest absolute Gasteiger partial charge is 0.462 e. The van der Waals surface area contributed by atoms with Gasteiger partial charge in [-0.2, -0.15) is 0 Å². The summed E-state index contributed by atoms with van der Waals surface area (Å²) >= 11 is 0. The highest BCUT2D eigenvalue weighted by Crippen LogP contribution is 2.45. The Morgan fingerprint density at radius 1 is 0.310 bits per heavy atom. The van der Waals surface area contributed by atoms with Crippen LogP contribution in [0.1, 0.15) is 337 Å². The van der Waals surface area contributed by atoms with Crippen molar-refractivity contribution in [2.24, 2.45) is 17.8 Å². The first kappa shape index (κ1) is 85.1. The summed E-state index contributed by atoms with van der Waals surface area (Å²) in [6, 6.07) is 0. The molecule has 0 aromatic rings. The van der Waals surface area contributed by atoms with Gasteiger partial charge < -0.3 is 33.8 Å². The van der Waals surface area contributed by atoms with Crippen molar-refractivity contribution < 1.29 is 80.2 Å². The van der Waals surface area contributed by atoms with Crippen molar-refractivity contribution in [1.82, 2.24) is 0 Å². The molecule has 19 heteroatoms. The van der Waals surface area contributed by atoms with Crippen LogP contribution in [0.15, 0.2) is 0 Å². The summed E-state index contributed by atoms with van der Waals surface area (Å²) in [5.41, 5.74) is 0. The molecule has 0 radical (unpaired) electrons. The van der Waals surface area contributed by atoms with Gasteiger partial charge in [-0.25, -0.2) is 9.13 Å². The number of hydrogen-bond acceptors (Lipinski definition) is 15. The molecule has 516 valence electrons. The molecule has 87 heavy (non-hydrogen) atoms. The molecule has 17 nitrogen and oxygen atoms in total. The molecule has 0 saturated heterocycles. The largest absolute Gasteiger partial charge is 0.472 e. The van der Waals surface area contributed by atoms with Crippen LogP contribution in [-0.2, 0) is 65.4 Å². The molecule has 0 aliphatic rings. The molecular weight excluding hydrogens is 1150 g/mol. The third-order valence-corrected chi connectivity index (χ3v) is 17.5. The molecule has 0 fully saturated rings. The van der Waals surface area contributed by atoms with Crippen LogP contribution >= 0.6 is 15.6 Å². The summed E-state index contributed by atoms with van der Waals surface area (Å²) in [4.78, 5) is 72.4. The van der Waals surface area contributed by atoms with E-state index in [2.05, 4.69) is 48.5 Å². The Balaban J connectivity index is 5.25. The van der Waals surface area contributed by atoms with Crippen molar-refractivity contribution >= 4 is 39.5 Å². The molecule has 0 aromatic heterocycles. The molecule has 0 aliphatic carbocycles. The molecule has 0 spiro atoms. The lowest BCUT2D eigenvalue weighted by Gasteiger charge is -2.21. The third-order valence-electron chi connectivity index (χ3n) is 15.6. The van der Waals surface area contributed by atoms with E-state index in [1.54, 1.807) is 0 Å². The Hall–Kier alpha value is -1.94. The van der Waals surface area contributed by atoms with E-state index in [0.29, 0.717) is 25.7 Å². The highest BCUT2D eigenvalue weighted by Gasteiger charge is 2.30. The van der Waals surface area contributed by atoms with Crippen molar-refractivity contribution in [3.05, 3.63) is 0 Å². The maximum Gasteiger partial charge on any atom is 0.472 e. The predicted molar refractivity (Wildman–Crippen MR) is 349 cm³/mol. The standard InChI is InChI=1S/C68H132O17P2/c1-8-9-10-11-12-18-28-35-42-49-65(70)78-55-63(85-68(73)52-45-38-31-24-17-21-27-34-41-48-61(6)7)57-82-86(74,75)80-53-62(69)54-81-87(76,77)83-58-64(56-79-66(71)50-43-36-29-23-16-20-26-33-40-47-60(4)5)84-67(72)51-44-37-30-22-15-13-14-19-25-32-39-46-59(2)3/h59-64,69H,8-58H2,1-7H3,(H,74,75)(H,76,77)/t62-,63+,64+/m0/s1. The van der Waals surface area contributed by atoms with Crippen LogP contribution in [0.25, 0.3) is 0 Å². The van der Waals surface area contributed by atoms with E-state index in [-0.39, 0.29) is 25.7 Å². The topological polar surface area (TPSA) is 237 Å². The predicted octanol–water partition coefficient (Wildman–Crippen LogP) is 19.1. The SMILES string of the molecule is CCCCCCCCCCCC(=O)OC[C@H](COP(=O)(O)OC[C@H](O)COP(=O)(O)OC[C@@H](COC(=O)CCCCCCCCCCCC(C)C)OC(=O)CCCCCCCCCCCCCC(C)C)OC(=O)CCCCCCCCCCCC(C)C. The second kappa shape index (κ2) is 59.1. The summed E-state index contributed by atoms with van der Waals surface area (Å²) in [5, 5.41) is 10.6. The monoisotopic (exact) mass is 1280 g/mol. The van der Waals surface area contributed by atoms with E-state index in [9.17, 15) is 43.2 Å². The summed E-state index contributed by atoms with van der Waals surface area (Å²) in [5.74, 6) is 0.115. The van der Waals surface area contributed by atoms with Crippen molar-refractivity contribution in [2.75, 3.05) is 39.6 Å². The number of hydrogen-bond donors (Lipinski definition) is 3. The van der Waals surface area contributed by atoms with Crippen LogP contribution in [0.3, 0.4) is 0 Å². The molecule has 0 amide bonds. The first-order chi connectivity index (χ1) is 41.7. The summed E-state index contributed by atoms with van der Waals surface area (Å²) < 4.78 is 68.2. The Kier molecular flexibility index (Phi) is 57.8. The Morgan fingerprint density at radius 2 is 0.529 bits per heavy atom. The van der Waals surface area contributed by atoms with E-state index in [4.69, 9.17) is 37.0 Å². The van der Waals surface area contributed by atoms with Gasteiger partial charge in [0.05, 0.1) is 26.4 Å². The highest BCUT2D eigenvalue weighted by atomic mass is 31.2. The molecule has 5 atom stereocenters. The van der Waals surface area contributed by atoms with E-state index in [1.807, 2.05) is 0 Å². The Bertz CT molecular complexity index is 1720. The minimum atomic E-state index is -4.95. The zero-order chi connectivity index (χ0) is 64.5. The van der Waals surface area contributed by atoms with Crippen molar-refractivity contribution in [1.29, 1.82) is 0 Å². The number of rotatable bonds is 66. The van der Waals surface area contributed by atoms with Gasteiger partial charge >= 0.3 is 39.5 Å². The van der Waals surface area contributed by atoms with Gasteiger partial charge in [-0.1, -0.05) is 286 Å². The molecule has 0 saturated carbocycles. The molecule has 0 rings (SSSR count). The Labute approximate surface area is 530 Å². The van der Waals surface area contributed by atoms with Gasteiger partial charge in [0.15, 0.2) is 12.2 Å². The van der Waals surface area contributed by atoms with E-state index in [1.165, 1.54) is 148 Å². The van der Waals surface area contributed by atoms with Crippen molar-refractivity contribution in [3.8, 4) is 0 Å². The number of unbranched alkanes of at least 4 members (excludes halogenated alkanes) is 34. The van der Waals surface area contributed by atoms with Crippen molar-refractivity contribution in [3.63, 3.8) is 0 Å². The fourth-order valence-corrected chi connectivity index (χ4v) is 11.8. The van der Waals surface area contributed by atoms with Crippen LogP contribution in [-0.4, -0.2) is 96.7 Å². The summed E-state index contributed by atoms with van der Waals surface area (Å²) in [6.07, 6.45) is 41.6. The normalized spacial score (nSPS) is 14.3. The van der Waals surface area contributed by atoms with Crippen LogP contribution < -0.4 is 0 Å². The number of aliphatic hydroxyl groups is 1. The zero-order valence-electron chi connectivity index (χ0n) is 56.5. The van der Waals surface area contributed by atoms with Crippen molar-refractivity contribution in [2.45, 2.75) is 356 Å². The molecule has 0 aliphatic heterocycles. The van der Waals surface area contributed by atoms with Crippen LogP contribution in [0.2, 0.25) is 0 Å². The molecule has 0 heterocycles. The molecular formula is C68H132O17P2. The van der Waals surface area contributed by atoms with Crippen LogP contribution in [0, 0.1) is 17.8 Å². The average molecular weight is 1280 g/mol. The molecule has 0 aromatic carbocycles. The number of carbonyl (C=O) groups excluding carboxylic acids is 4. The first-order valence-corrected chi connectivity index (χ1v) is 38.3. The van der Waals surface area contributed by atoms with Gasteiger partial charge in [0, 0.05) is 25.7 Å². The lowest BCUT2D eigenvalue weighted by molar-refractivity contribution is -0.161. The molecule has 0 bridgehead atoms. The van der Waals surface area contributed by atoms with E-state index < -0.39 is 97.5 Å². The summed E-state index contributed by atoms with van der Waals surface area (Å²) in [6.45, 7) is 11.8. The minimum Gasteiger partial charge on any atom is -0.462 e. The number of ether oxygens (including phenoxy) is 4. The van der Waals surface area contributed by atoms with Crippen LogP contribution in [0.5, 0.6) is 0 Å². The summed E-state index contributed by atoms with van der Waals surface area (Å²) in [7, 11) is -9.90. The fourth-order valence-electron chi connectivity index (χ4n) is 10.2. The molecule has 3 N–H and O–H groups in total. The fraction of sp³-hybridized carbons (Fsp3) is 0.941. The molecule has 2 unspecified atom stereocenters. The Morgan fingerprint density at radius 3 is 0.782 bits per heavy atom. The minimum absolute atomic E-state index is 0.105. The van der Waals surface area contributed by atoms with Gasteiger partial charge in [0.1, 0.15) is 19.3 Å². The number of phosphoric acid groups is 2. The van der Waals surface area contributed by atoms with Gasteiger partial charge in [-0.3, -0.25) is 37.3 Å². The zero-order valence-corrected chi connectivity index (χ0v) is 58.3. The first-order valence-electron chi connectivity index (χ1n) is 35.3. The number of esters is 4. The quantitative estimate of drug-likeness (QED) is 0.0222. The lowest BCUT2D eigenvalue weighted by atomic mass is 10.0. The maximum absolute atomic E-state index is 13.0. The van der Waals surface area contributed by atoms with Gasteiger partial charge in [-0.05, 0) is 43.4 Å². The van der Waals surface area contributed by atoms with Gasteiger partial charge in [0.2, 0.25) is 0 Å². The number of phosphoric ester groups is 2. The third kappa shape index (κ3) is 62.6. The number of aliphatic hydroxyl groups excluding tert-OH is 1. The second-order valence-corrected chi connectivity index (χ2v) is 28.9. The maximum atomic E-state index is 13.0.